The number of carbonyl (C=O) groups excluding carboxylic acids is 1. The lowest BCUT2D eigenvalue weighted by Crippen LogP contribution is -2.32. The number of carbonyl (C=O) groups is 1. The summed E-state index contributed by atoms with van der Waals surface area (Å²) < 4.78 is 11.2. The summed E-state index contributed by atoms with van der Waals surface area (Å²) in [6, 6.07) is 7.64. The molecular formula is C18H22N4O3. The maximum absolute atomic E-state index is 12.6. The highest BCUT2D eigenvalue weighted by Crippen LogP contribution is 2.39. The summed E-state index contributed by atoms with van der Waals surface area (Å²) in [6.45, 7) is 3.28. The number of likely N-dealkylation sites (tertiary alicyclic amines) is 1. The number of aryl methyl sites for hydroxylation is 1. The zero-order valence-electron chi connectivity index (χ0n) is 14.4. The third kappa shape index (κ3) is 3.24. The number of fused-ring (bicyclic) bond motifs is 1. The number of aromatic amines is 1. The third-order valence-corrected chi connectivity index (χ3v) is 5.01. The van der Waals surface area contributed by atoms with Gasteiger partial charge in [0.2, 0.25) is 5.91 Å². The number of hydrogen-bond acceptors (Lipinski definition) is 5. The van der Waals surface area contributed by atoms with E-state index < -0.39 is 0 Å². The Balaban J connectivity index is 1.33. The molecule has 0 aliphatic carbocycles. The first kappa shape index (κ1) is 16.1. The highest BCUT2D eigenvalue weighted by Gasteiger charge is 2.44. The second-order valence-corrected chi connectivity index (χ2v) is 6.76. The molecule has 3 atom stereocenters. The quantitative estimate of drug-likeness (QED) is 0.914. The molecule has 1 aromatic carbocycles. The van der Waals surface area contributed by atoms with E-state index in [0.717, 1.165) is 35.9 Å². The van der Waals surface area contributed by atoms with Crippen LogP contribution in [0.25, 0.3) is 0 Å². The van der Waals surface area contributed by atoms with Crippen molar-refractivity contribution in [2.75, 3.05) is 20.2 Å². The maximum atomic E-state index is 12.6. The minimum Gasteiger partial charge on any atom is -0.497 e. The predicted octanol–water partition coefficient (Wildman–Crippen LogP) is 1.65. The Hall–Kier alpha value is -2.41. The Morgan fingerprint density at radius 2 is 2.16 bits per heavy atom. The van der Waals surface area contributed by atoms with Crippen LogP contribution in [-0.4, -0.2) is 52.3 Å². The summed E-state index contributed by atoms with van der Waals surface area (Å²) in [4.78, 5) is 18.8. The molecule has 2 fully saturated rings. The lowest BCUT2D eigenvalue weighted by atomic mass is 10.0. The molecule has 2 aliphatic heterocycles. The van der Waals surface area contributed by atoms with Gasteiger partial charge in [0.15, 0.2) is 5.82 Å². The molecule has 2 aliphatic rings. The number of ether oxygens (including phenoxy) is 2. The Morgan fingerprint density at radius 1 is 1.36 bits per heavy atom. The Labute approximate surface area is 146 Å². The van der Waals surface area contributed by atoms with E-state index >= 15 is 0 Å². The van der Waals surface area contributed by atoms with Gasteiger partial charge in [0.1, 0.15) is 17.7 Å². The Morgan fingerprint density at radius 3 is 2.80 bits per heavy atom. The molecule has 1 amide bonds. The van der Waals surface area contributed by atoms with E-state index in [1.807, 2.05) is 36.1 Å². The van der Waals surface area contributed by atoms with Gasteiger partial charge in [-0.3, -0.25) is 9.89 Å². The van der Waals surface area contributed by atoms with Crippen molar-refractivity contribution in [2.24, 2.45) is 5.92 Å². The Kier molecular flexibility index (Phi) is 4.17. The highest BCUT2D eigenvalue weighted by atomic mass is 16.5. The molecule has 3 heterocycles. The van der Waals surface area contributed by atoms with Crippen LogP contribution in [0.15, 0.2) is 24.3 Å². The fourth-order valence-electron chi connectivity index (χ4n) is 3.67. The molecule has 2 saturated heterocycles. The Bertz CT molecular complexity index is 744. The first-order valence-corrected chi connectivity index (χ1v) is 8.57. The molecule has 2 aromatic rings. The zero-order chi connectivity index (χ0) is 17.4. The van der Waals surface area contributed by atoms with Crippen LogP contribution in [0, 0.1) is 12.8 Å². The number of aromatic nitrogens is 3. The summed E-state index contributed by atoms with van der Waals surface area (Å²) in [7, 11) is 1.64. The molecule has 7 nitrogen and oxygen atoms in total. The number of nitrogens with zero attached hydrogens (tertiary/aromatic N) is 3. The topological polar surface area (TPSA) is 80.3 Å². The van der Waals surface area contributed by atoms with Gasteiger partial charge in [-0.15, -0.1) is 0 Å². The van der Waals surface area contributed by atoms with Crippen LogP contribution in [0.2, 0.25) is 0 Å². The summed E-state index contributed by atoms with van der Waals surface area (Å²) >= 11 is 0. The van der Waals surface area contributed by atoms with Crippen molar-refractivity contribution in [3.05, 3.63) is 41.5 Å². The van der Waals surface area contributed by atoms with E-state index in [1.165, 1.54) is 0 Å². The van der Waals surface area contributed by atoms with Crippen LogP contribution >= 0.6 is 0 Å². The van der Waals surface area contributed by atoms with Gasteiger partial charge in [0.25, 0.3) is 0 Å². The number of nitrogens with one attached hydrogen (secondary N) is 1. The van der Waals surface area contributed by atoms with Crippen molar-refractivity contribution in [3.63, 3.8) is 0 Å². The van der Waals surface area contributed by atoms with Crippen molar-refractivity contribution in [3.8, 4) is 5.75 Å². The molecule has 132 valence electrons. The summed E-state index contributed by atoms with van der Waals surface area (Å²) in [5.74, 6) is 2.83. The minimum absolute atomic E-state index is 0.0567. The van der Waals surface area contributed by atoms with E-state index in [-0.39, 0.29) is 18.1 Å². The highest BCUT2D eigenvalue weighted by molar-refractivity contribution is 5.79. The lowest BCUT2D eigenvalue weighted by Gasteiger charge is -2.18. The number of hydrogen-bond donors (Lipinski definition) is 1. The molecule has 25 heavy (non-hydrogen) atoms. The molecule has 7 heteroatoms. The molecule has 0 saturated carbocycles. The fourth-order valence-corrected chi connectivity index (χ4v) is 3.67. The molecule has 4 rings (SSSR count). The van der Waals surface area contributed by atoms with E-state index in [0.29, 0.717) is 18.9 Å². The van der Waals surface area contributed by atoms with E-state index in [4.69, 9.17) is 9.47 Å². The number of benzene rings is 1. The van der Waals surface area contributed by atoms with Crippen molar-refractivity contribution in [1.29, 1.82) is 0 Å². The standard InChI is InChI=1S/C18H22N4O3/c1-11-19-18(21-20-11)15-8-13-9-22(10-16(13)25-15)17(23)7-12-3-5-14(24-2)6-4-12/h3-6,13,15-16H,7-10H2,1-2H3,(H,19,20,21)/t13-,15-,16+/m0/s1. The van der Waals surface area contributed by atoms with E-state index in [2.05, 4.69) is 15.2 Å². The van der Waals surface area contributed by atoms with Gasteiger partial charge in [-0.1, -0.05) is 12.1 Å². The van der Waals surface area contributed by atoms with Crippen LogP contribution < -0.4 is 4.74 Å². The summed E-state index contributed by atoms with van der Waals surface area (Å²) in [5, 5.41) is 7.06. The van der Waals surface area contributed by atoms with Crippen molar-refractivity contribution < 1.29 is 14.3 Å². The van der Waals surface area contributed by atoms with Crippen molar-refractivity contribution in [2.45, 2.75) is 32.0 Å². The molecule has 0 bridgehead atoms. The summed E-state index contributed by atoms with van der Waals surface area (Å²) in [6.07, 6.45) is 1.31. The van der Waals surface area contributed by atoms with Crippen LogP contribution in [0.5, 0.6) is 5.75 Å². The van der Waals surface area contributed by atoms with Gasteiger partial charge in [-0.2, -0.15) is 5.10 Å². The zero-order valence-corrected chi connectivity index (χ0v) is 14.4. The van der Waals surface area contributed by atoms with Gasteiger partial charge < -0.3 is 14.4 Å². The van der Waals surface area contributed by atoms with Gasteiger partial charge in [-0.25, -0.2) is 4.98 Å². The largest absolute Gasteiger partial charge is 0.497 e. The number of H-pyrrole nitrogens is 1. The summed E-state index contributed by atoms with van der Waals surface area (Å²) in [5.41, 5.74) is 0.998. The predicted molar refractivity (Wildman–Crippen MR) is 90.1 cm³/mol. The smallest absolute Gasteiger partial charge is 0.227 e. The van der Waals surface area contributed by atoms with Gasteiger partial charge in [0.05, 0.1) is 19.6 Å². The minimum atomic E-state index is -0.0567. The van der Waals surface area contributed by atoms with Gasteiger partial charge in [-0.05, 0) is 31.0 Å². The van der Waals surface area contributed by atoms with Crippen LogP contribution in [-0.2, 0) is 16.0 Å². The van der Waals surface area contributed by atoms with E-state index in [9.17, 15) is 4.79 Å². The average Bonchev–Trinajstić information content (AvgIpc) is 3.29. The number of rotatable bonds is 4. The average molecular weight is 342 g/mol. The van der Waals surface area contributed by atoms with Crippen molar-refractivity contribution in [1.82, 2.24) is 20.1 Å². The third-order valence-electron chi connectivity index (χ3n) is 5.01. The van der Waals surface area contributed by atoms with Gasteiger partial charge in [0, 0.05) is 19.0 Å². The van der Waals surface area contributed by atoms with E-state index in [1.54, 1.807) is 7.11 Å². The van der Waals surface area contributed by atoms with Crippen LogP contribution in [0.3, 0.4) is 0 Å². The molecule has 1 aromatic heterocycles. The molecule has 0 radical (unpaired) electrons. The SMILES string of the molecule is COc1ccc(CC(=O)N2C[C@@H]3C[C@@H](c4n[nH]c(C)n4)O[C@@H]3C2)cc1. The second kappa shape index (κ2) is 6.48. The fraction of sp³-hybridized carbons (Fsp3) is 0.500. The maximum Gasteiger partial charge on any atom is 0.227 e. The molecular weight excluding hydrogens is 320 g/mol. The van der Waals surface area contributed by atoms with Gasteiger partial charge >= 0.3 is 0 Å². The monoisotopic (exact) mass is 342 g/mol. The first-order valence-electron chi connectivity index (χ1n) is 8.57. The first-order chi connectivity index (χ1) is 12.1. The molecule has 0 spiro atoms. The normalized spacial score (nSPS) is 25.2. The van der Waals surface area contributed by atoms with Crippen LogP contribution in [0.1, 0.15) is 29.7 Å². The lowest BCUT2D eigenvalue weighted by molar-refractivity contribution is -0.130. The van der Waals surface area contributed by atoms with Crippen molar-refractivity contribution >= 4 is 5.91 Å². The number of methoxy groups -OCH3 is 1. The van der Waals surface area contributed by atoms with Crippen LogP contribution in [0.4, 0.5) is 0 Å². The molecule has 0 unspecified atom stereocenters. The second-order valence-electron chi connectivity index (χ2n) is 6.76. The number of amides is 1. The molecule has 1 N–H and O–H groups in total.